The molecule has 0 aliphatic carbocycles. The third-order valence-corrected chi connectivity index (χ3v) is 3.86. The molecule has 15 heavy (non-hydrogen) atoms. The normalized spacial score (nSPS) is 22.9. The standard InChI is InChI=1S/C9H21N3O2S/c1-12-5-3-9(7-10,4-6-12)8-11-15(2,13)14/h11H,3-8,10H2,1-2H3. The highest BCUT2D eigenvalue weighted by molar-refractivity contribution is 7.88. The van der Waals surface area contributed by atoms with E-state index < -0.39 is 10.0 Å². The third kappa shape index (κ3) is 4.06. The first-order chi connectivity index (χ1) is 6.87. The van der Waals surface area contributed by atoms with Crippen molar-refractivity contribution in [1.82, 2.24) is 9.62 Å². The minimum absolute atomic E-state index is 0.0460. The van der Waals surface area contributed by atoms with Crippen molar-refractivity contribution in [3.05, 3.63) is 0 Å². The molecule has 6 heteroatoms. The van der Waals surface area contributed by atoms with E-state index in [-0.39, 0.29) is 5.41 Å². The predicted octanol–water partition coefficient (Wildman–Crippen LogP) is -0.794. The monoisotopic (exact) mass is 235 g/mol. The Morgan fingerprint density at radius 3 is 2.33 bits per heavy atom. The van der Waals surface area contributed by atoms with Gasteiger partial charge in [-0.1, -0.05) is 0 Å². The molecule has 0 aromatic carbocycles. The SMILES string of the molecule is CN1CCC(CN)(CNS(C)(=O)=O)CC1. The first-order valence-corrected chi connectivity index (χ1v) is 7.09. The van der Waals surface area contributed by atoms with Crippen molar-refractivity contribution < 1.29 is 8.42 Å². The van der Waals surface area contributed by atoms with Gasteiger partial charge >= 0.3 is 0 Å². The lowest BCUT2D eigenvalue weighted by Crippen LogP contribution is -2.48. The Bertz CT molecular complexity index is 294. The lowest BCUT2D eigenvalue weighted by atomic mass is 9.79. The number of hydrogen-bond acceptors (Lipinski definition) is 4. The maximum absolute atomic E-state index is 11.0. The Hall–Kier alpha value is -0.170. The first-order valence-electron chi connectivity index (χ1n) is 5.20. The molecule has 5 nitrogen and oxygen atoms in total. The smallest absolute Gasteiger partial charge is 0.208 e. The number of nitrogens with two attached hydrogens (primary N) is 1. The van der Waals surface area contributed by atoms with Crippen LogP contribution in [0.3, 0.4) is 0 Å². The van der Waals surface area contributed by atoms with Crippen LogP contribution in [-0.4, -0.2) is 52.8 Å². The molecule has 0 spiro atoms. The molecule has 1 aliphatic heterocycles. The van der Waals surface area contributed by atoms with Crippen LogP contribution < -0.4 is 10.5 Å². The van der Waals surface area contributed by atoms with E-state index in [2.05, 4.69) is 16.7 Å². The summed E-state index contributed by atoms with van der Waals surface area (Å²) in [4.78, 5) is 2.24. The summed E-state index contributed by atoms with van der Waals surface area (Å²) in [5.41, 5.74) is 5.71. The summed E-state index contributed by atoms with van der Waals surface area (Å²) in [5, 5.41) is 0. The lowest BCUT2D eigenvalue weighted by molar-refractivity contribution is 0.133. The van der Waals surface area contributed by atoms with Crippen LogP contribution in [0.25, 0.3) is 0 Å². The number of nitrogens with one attached hydrogen (secondary N) is 1. The van der Waals surface area contributed by atoms with Gasteiger partial charge in [-0.05, 0) is 44.9 Å². The summed E-state index contributed by atoms with van der Waals surface area (Å²) in [6.45, 7) is 2.99. The molecule has 0 unspecified atom stereocenters. The Balaban J connectivity index is 2.54. The first kappa shape index (κ1) is 12.9. The zero-order chi connectivity index (χ0) is 11.5. The number of piperidine rings is 1. The van der Waals surface area contributed by atoms with Gasteiger partial charge in [-0.2, -0.15) is 0 Å². The quantitative estimate of drug-likeness (QED) is 0.669. The molecule has 0 bridgehead atoms. The summed E-state index contributed by atoms with van der Waals surface area (Å²) in [6, 6.07) is 0. The summed E-state index contributed by atoms with van der Waals surface area (Å²) < 4.78 is 24.6. The van der Waals surface area contributed by atoms with E-state index in [1.54, 1.807) is 0 Å². The van der Waals surface area contributed by atoms with Gasteiger partial charge in [0.05, 0.1) is 6.26 Å². The second-order valence-corrected chi connectivity index (χ2v) is 6.43. The van der Waals surface area contributed by atoms with E-state index in [1.165, 1.54) is 6.26 Å². The Morgan fingerprint density at radius 2 is 1.93 bits per heavy atom. The Kier molecular flexibility index (Phi) is 4.11. The third-order valence-electron chi connectivity index (χ3n) is 3.19. The molecule has 3 N–H and O–H groups in total. The summed E-state index contributed by atoms with van der Waals surface area (Å²) in [6.07, 6.45) is 3.11. The molecule has 1 fully saturated rings. The van der Waals surface area contributed by atoms with E-state index >= 15 is 0 Å². The molecule has 90 valence electrons. The van der Waals surface area contributed by atoms with Crippen LogP contribution in [-0.2, 0) is 10.0 Å². The van der Waals surface area contributed by atoms with E-state index in [0.29, 0.717) is 13.1 Å². The van der Waals surface area contributed by atoms with Gasteiger partial charge in [0.25, 0.3) is 0 Å². The maximum atomic E-state index is 11.0. The second kappa shape index (κ2) is 4.78. The van der Waals surface area contributed by atoms with Crippen LogP contribution in [0.15, 0.2) is 0 Å². The highest BCUT2D eigenvalue weighted by Crippen LogP contribution is 2.29. The van der Waals surface area contributed by atoms with Crippen LogP contribution in [0.4, 0.5) is 0 Å². The molecule has 0 amide bonds. The average molecular weight is 235 g/mol. The van der Waals surface area contributed by atoms with Crippen LogP contribution in [0.2, 0.25) is 0 Å². The summed E-state index contributed by atoms with van der Waals surface area (Å²) in [7, 11) is -1.03. The molecule has 0 atom stereocenters. The molecule has 1 saturated heterocycles. The lowest BCUT2D eigenvalue weighted by Gasteiger charge is -2.39. The molecule has 0 aromatic rings. The number of nitrogens with zero attached hydrogens (tertiary/aromatic N) is 1. The fourth-order valence-electron chi connectivity index (χ4n) is 1.83. The molecule has 0 aromatic heterocycles. The van der Waals surface area contributed by atoms with Crippen LogP contribution in [0, 0.1) is 5.41 Å². The average Bonchev–Trinajstić information content (AvgIpc) is 2.17. The van der Waals surface area contributed by atoms with Crippen molar-refractivity contribution in [1.29, 1.82) is 0 Å². The largest absolute Gasteiger partial charge is 0.330 e. The van der Waals surface area contributed by atoms with Gasteiger partial charge in [-0.3, -0.25) is 0 Å². The molecule has 1 rings (SSSR count). The van der Waals surface area contributed by atoms with Gasteiger partial charge < -0.3 is 10.6 Å². The Morgan fingerprint density at radius 1 is 1.40 bits per heavy atom. The van der Waals surface area contributed by atoms with Crippen molar-refractivity contribution in [2.75, 3.05) is 39.5 Å². The van der Waals surface area contributed by atoms with E-state index in [4.69, 9.17) is 5.73 Å². The van der Waals surface area contributed by atoms with Crippen molar-refractivity contribution in [3.8, 4) is 0 Å². The number of rotatable bonds is 4. The summed E-state index contributed by atoms with van der Waals surface area (Å²) >= 11 is 0. The van der Waals surface area contributed by atoms with Crippen molar-refractivity contribution in [2.45, 2.75) is 12.8 Å². The highest BCUT2D eigenvalue weighted by atomic mass is 32.2. The zero-order valence-corrected chi connectivity index (χ0v) is 10.3. The van der Waals surface area contributed by atoms with Crippen molar-refractivity contribution >= 4 is 10.0 Å². The van der Waals surface area contributed by atoms with Gasteiger partial charge in [0, 0.05) is 6.54 Å². The zero-order valence-electron chi connectivity index (χ0n) is 9.49. The molecule has 0 saturated carbocycles. The van der Waals surface area contributed by atoms with E-state index in [1.807, 2.05) is 0 Å². The number of sulfonamides is 1. The molecule has 0 radical (unpaired) electrons. The highest BCUT2D eigenvalue weighted by Gasteiger charge is 2.32. The van der Waals surface area contributed by atoms with Gasteiger partial charge in [-0.25, -0.2) is 13.1 Å². The van der Waals surface area contributed by atoms with E-state index in [9.17, 15) is 8.42 Å². The molecular formula is C9H21N3O2S. The fourth-order valence-corrected chi connectivity index (χ4v) is 2.40. The van der Waals surface area contributed by atoms with Crippen molar-refractivity contribution in [2.24, 2.45) is 11.1 Å². The minimum Gasteiger partial charge on any atom is -0.330 e. The number of likely N-dealkylation sites (tertiary alicyclic amines) is 1. The van der Waals surface area contributed by atoms with Gasteiger partial charge in [0.1, 0.15) is 0 Å². The molecular weight excluding hydrogens is 214 g/mol. The van der Waals surface area contributed by atoms with Crippen LogP contribution >= 0.6 is 0 Å². The Labute approximate surface area is 92.1 Å². The topological polar surface area (TPSA) is 75.4 Å². The van der Waals surface area contributed by atoms with Gasteiger partial charge in [0.15, 0.2) is 0 Å². The van der Waals surface area contributed by atoms with E-state index in [0.717, 1.165) is 25.9 Å². The van der Waals surface area contributed by atoms with Crippen LogP contribution in [0.1, 0.15) is 12.8 Å². The van der Waals surface area contributed by atoms with Gasteiger partial charge in [-0.15, -0.1) is 0 Å². The van der Waals surface area contributed by atoms with Crippen LogP contribution in [0.5, 0.6) is 0 Å². The summed E-state index contributed by atoms with van der Waals surface area (Å²) in [5.74, 6) is 0. The number of hydrogen-bond donors (Lipinski definition) is 2. The predicted molar refractivity (Wildman–Crippen MR) is 61.1 cm³/mol. The fraction of sp³-hybridized carbons (Fsp3) is 1.00. The second-order valence-electron chi connectivity index (χ2n) is 4.60. The molecule has 1 heterocycles. The van der Waals surface area contributed by atoms with Gasteiger partial charge in [0.2, 0.25) is 10.0 Å². The maximum Gasteiger partial charge on any atom is 0.208 e. The minimum atomic E-state index is -3.10. The molecule has 1 aliphatic rings. The van der Waals surface area contributed by atoms with Crippen molar-refractivity contribution in [3.63, 3.8) is 0 Å².